The summed E-state index contributed by atoms with van der Waals surface area (Å²) in [6, 6.07) is 7.26. The first-order valence-electron chi connectivity index (χ1n) is 6.83. The summed E-state index contributed by atoms with van der Waals surface area (Å²) < 4.78 is 0. The summed E-state index contributed by atoms with van der Waals surface area (Å²) in [5.41, 5.74) is 0.911. The number of carbonyl (C=O) groups excluding carboxylic acids is 1. The van der Waals surface area contributed by atoms with Crippen molar-refractivity contribution < 1.29 is 14.7 Å². The first-order valence-corrected chi connectivity index (χ1v) is 7.20. The Hall–Kier alpha value is -1.55. The van der Waals surface area contributed by atoms with Gasteiger partial charge in [0.25, 0.3) is 0 Å². The van der Waals surface area contributed by atoms with Crippen molar-refractivity contribution in [2.24, 2.45) is 11.8 Å². The summed E-state index contributed by atoms with van der Waals surface area (Å²) in [6.07, 6.45) is 3.04. The zero-order chi connectivity index (χ0) is 14.5. The Kier molecular flexibility index (Phi) is 5.01. The van der Waals surface area contributed by atoms with Gasteiger partial charge in [-0.25, -0.2) is 0 Å². The number of hydrogen-bond acceptors (Lipinski definition) is 2. The third-order valence-electron chi connectivity index (χ3n) is 3.78. The lowest BCUT2D eigenvalue weighted by Gasteiger charge is -2.27. The Morgan fingerprint density at radius 1 is 1.25 bits per heavy atom. The number of carbonyl (C=O) groups is 2. The summed E-state index contributed by atoms with van der Waals surface area (Å²) >= 11 is 5.88. The van der Waals surface area contributed by atoms with Gasteiger partial charge >= 0.3 is 5.97 Å². The molecule has 1 aromatic rings. The molecule has 0 bridgehead atoms. The molecule has 0 unspecified atom stereocenters. The number of amides is 1. The first-order chi connectivity index (χ1) is 9.58. The molecule has 0 radical (unpaired) electrons. The van der Waals surface area contributed by atoms with Crippen molar-refractivity contribution in [2.45, 2.75) is 32.2 Å². The van der Waals surface area contributed by atoms with Gasteiger partial charge in [0.05, 0.1) is 11.8 Å². The van der Waals surface area contributed by atoms with E-state index in [1.807, 2.05) is 12.1 Å². The van der Waals surface area contributed by atoms with Gasteiger partial charge in [0.1, 0.15) is 0 Å². The largest absolute Gasteiger partial charge is 0.481 e. The van der Waals surface area contributed by atoms with E-state index < -0.39 is 17.8 Å². The third kappa shape index (κ3) is 3.73. The molecular formula is C15H18ClNO3. The predicted molar refractivity (Wildman–Crippen MR) is 76.4 cm³/mol. The number of rotatable bonds is 4. The smallest absolute Gasteiger partial charge is 0.307 e. The Morgan fingerprint density at radius 2 is 1.95 bits per heavy atom. The van der Waals surface area contributed by atoms with Crippen molar-refractivity contribution in [3.8, 4) is 0 Å². The van der Waals surface area contributed by atoms with Crippen LogP contribution in [0.3, 0.4) is 0 Å². The number of halogens is 1. The van der Waals surface area contributed by atoms with E-state index in [1.165, 1.54) is 0 Å². The van der Waals surface area contributed by atoms with Crippen LogP contribution in [0.1, 0.15) is 31.2 Å². The van der Waals surface area contributed by atoms with Crippen molar-refractivity contribution in [1.29, 1.82) is 0 Å². The number of benzene rings is 1. The quantitative estimate of drug-likeness (QED) is 0.897. The van der Waals surface area contributed by atoms with Crippen LogP contribution in [0.25, 0.3) is 0 Å². The molecule has 4 nitrogen and oxygen atoms in total. The lowest BCUT2D eigenvalue weighted by atomic mass is 9.78. The van der Waals surface area contributed by atoms with E-state index in [2.05, 4.69) is 5.32 Å². The van der Waals surface area contributed by atoms with Gasteiger partial charge in [-0.15, -0.1) is 0 Å². The summed E-state index contributed by atoms with van der Waals surface area (Å²) in [4.78, 5) is 23.4. The number of carboxylic acid groups (broad SMARTS) is 1. The third-order valence-corrected chi connectivity index (χ3v) is 4.01. The molecule has 0 aromatic heterocycles. The lowest BCUT2D eigenvalue weighted by molar-refractivity contribution is -0.148. The van der Waals surface area contributed by atoms with Crippen LogP contribution in [0.4, 0.5) is 0 Å². The fourth-order valence-electron chi connectivity index (χ4n) is 2.71. The van der Waals surface area contributed by atoms with Gasteiger partial charge in [-0.2, -0.15) is 0 Å². The molecule has 2 N–H and O–H groups in total. The molecule has 108 valence electrons. The molecule has 0 saturated heterocycles. The van der Waals surface area contributed by atoms with Gasteiger partial charge in [-0.1, -0.05) is 36.6 Å². The van der Waals surface area contributed by atoms with E-state index in [9.17, 15) is 14.7 Å². The van der Waals surface area contributed by atoms with Gasteiger partial charge in [0, 0.05) is 11.6 Å². The number of aliphatic carboxylic acids is 1. The summed E-state index contributed by atoms with van der Waals surface area (Å²) in [7, 11) is 0. The minimum absolute atomic E-state index is 0.169. The van der Waals surface area contributed by atoms with Crippen molar-refractivity contribution in [3.05, 3.63) is 34.9 Å². The van der Waals surface area contributed by atoms with Crippen LogP contribution in [0, 0.1) is 11.8 Å². The van der Waals surface area contributed by atoms with Gasteiger partial charge < -0.3 is 10.4 Å². The molecular weight excluding hydrogens is 278 g/mol. The van der Waals surface area contributed by atoms with Crippen LogP contribution in [-0.4, -0.2) is 17.0 Å². The average Bonchev–Trinajstić information content (AvgIpc) is 2.45. The maximum absolute atomic E-state index is 12.2. The Balaban J connectivity index is 1.95. The van der Waals surface area contributed by atoms with E-state index >= 15 is 0 Å². The Morgan fingerprint density at radius 3 is 2.60 bits per heavy atom. The molecule has 1 fully saturated rings. The van der Waals surface area contributed by atoms with E-state index in [0.29, 0.717) is 24.4 Å². The number of nitrogens with one attached hydrogen (secondary N) is 1. The summed E-state index contributed by atoms with van der Waals surface area (Å²) in [6.45, 7) is 0.377. The van der Waals surface area contributed by atoms with E-state index in [4.69, 9.17) is 11.6 Å². The Labute approximate surface area is 123 Å². The molecule has 20 heavy (non-hydrogen) atoms. The normalized spacial score (nSPS) is 22.2. The maximum Gasteiger partial charge on any atom is 0.307 e. The highest BCUT2D eigenvalue weighted by Crippen LogP contribution is 2.30. The zero-order valence-electron chi connectivity index (χ0n) is 11.1. The van der Waals surface area contributed by atoms with Crippen LogP contribution in [-0.2, 0) is 16.1 Å². The molecule has 0 aliphatic heterocycles. The summed E-state index contributed by atoms with van der Waals surface area (Å²) in [5.74, 6) is -2.01. The van der Waals surface area contributed by atoms with Crippen molar-refractivity contribution >= 4 is 23.5 Å². The zero-order valence-corrected chi connectivity index (χ0v) is 11.9. The highest BCUT2D eigenvalue weighted by molar-refractivity contribution is 6.30. The lowest BCUT2D eigenvalue weighted by Crippen LogP contribution is -2.39. The first kappa shape index (κ1) is 14.9. The molecule has 1 saturated carbocycles. The van der Waals surface area contributed by atoms with Crippen LogP contribution < -0.4 is 5.32 Å². The molecule has 5 heteroatoms. The molecule has 2 atom stereocenters. The second-order valence-electron chi connectivity index (χ2n) is 5.18. The summed E-state index contributed by atoms with van der Waals surface area (Å²) in [5, 5.41) is 12.6. The van der Waals surface area contributed by atoms with E-state index in [0.717, 1.165) is 18.4 Å². The van der Waals surface area contributed by atoms with Crippen molar-refractivity contribution in [1.82, 2.24) is 5.32 Å². The van der Waals surface area contributed by atoms with Gasteiger partial charge in [0.15, 0.2) is 0 Å². The van der Waals surface area contributed by atoms with Crippen LogP contribution in [0.15, 0.2) is 24.3 Å². The fraction of sp³-hybridized carbons (Fsp3) is 0.467. The van der Waals surface area contributed by atoms with Crippen LogP contribution in [0.5, 0.6) is 0 Å². The molecule has 0 spiro atoms. The van der Waals surface area contributed by atoms with Crippen LogP contribution >= 0.6 is 11.6 Å². The molecule has 2 rings (SSSR count). The average molecular weight is 296 g/mol. The number of carboxylic acids is 1. The molecule has 1 amide bonds. The fourth-order valence-corrected chi connectivity index (χ4v) is 2.92. The van der Waals surface area contributed by atoms with Gasteiger partial charge in [-0.05, 0) is 30.5 Å². The van der Waals surface area contributed by atoms with E-state index in [1.54, 1.807) is 12.1 Å². The van der Waals surface area contributed by atoms with Gasteiger partial charge in [-0.3, -0.25) is 9.59 Å². The minimum atomic E-state index is -0.868. The second kappa shape index (κ2) is 6.75. The molecule has 1 aliphatic rings. The SMILES string of the molecule is O=C(O)[C@H]1CCCC[C@H]1C(=O)NCc1cccc(Cl)c1. The highest BCUT2D eigenvalue weighted by Gasteiger charge is 2.35. The number of hydrogen-bond donors (Lipinski definition) is 2. The van der Waals surface area contributed by atoms with Crippen LogP contribution in [0.2, 0.25) is 5.02 Å². The monoisotopic (exact) mass is 295 g/mol. The Bertz CT molecular complexity index is 504. The topological polar surface area (TPSA) is 66.4 Å². The molecule has 0 heterocycles. The standard InChI is InChI=1S/C15H18ClNO3/c16-11-5-3-4-10(8-11)9-17-14(18)12-6-1-2-7-13(12)15(19)20/h3-5,8,12-13H,1-2,6-7,9H2,(H,17,18)(H,19,20)/t12-,13+/m1/s1. The van der Waals surface area contributed by atoms with Crippen molar-refractivity contribution in [3.63, 3.8) is 0 Å². The molecule has 1 aromatic carbocycles. The predicted octanol–water partition coefficient (Wildman–Crippen LogP) is 2.85. The van der Waals surface area contributed by atoms with Crippen molar-refractivity contribution in [2.75, 3.05) is 0 Å². The molecule has 1 aliphatic carbocycles. The second-order valence-corrected chi connectivity index (χ2v) is 5.62. The van der Waals surface area contributed by atoms with Gasteiger partial charge in [0.2, 0.25) is 5.91 Å². The minimum Gasteiger partial charge on any atom is -0.481 e. The maximum atomic E-state index is 12.2. The highest BCUT2D eigenvalue weighted by atomic mass is 35.5. The van der Waals surface area contributed by atoms with E-state index in [-0.39, 0.29) is 5.91 Å².